The highest BCUT2D eigenvalue weighted by Crippen LogP contribution is 2.18. The van der Waals surface area contributed by atoms with Crippen molar-refractivity contribution in [2.24, 2.45) is 0 Å². The van der Waals surface area contributed by atoms with Crippen LogP contribution in [0.15, 0.2) is 30.3 Å². The van der Waals surface area contributed by atoms with E-state index in [0.717, 1.165) is 5.56 Å². The summed E-state index contributed by atoms with van der Waals surface area (Å²) in [5, 5.41) is 9.07. The van der Waals surface area contributed by atoms with Gasteiger partial charge in [-0.2, -0.15) is 0 Å². The minimum Gasteiger partial charge on any atom is -0.481 e. The molecule has 0 aromatic heterocycles. The van der Waals surface area contributed by atoms with Crippen LogP contribution in [-0.2, 0) is 16.1 Å². The number of hydrogen-bond acceptors (Lipinski definition) is 3. The summed E-state index contributed by atoms with van der Waals surface area (Å²) in [5.41, 5.74) is 0.324. The molecule has 1 aromatic carbocycles. The number of hydrogen-bond donors (Lipinski definition) is 1. The molecule has 122 valence electrons. The molecule has 0 bridgehead atoms. The maximum atomic E-state index is 12.5. The van der Waals surface area contributed by atoms with E-state index in [4.69, 9.17) is 9.84 Å². The van der Waals surface area contributed by atoms with E-state index in [1.54, 1.807) is 20.8 Å². The van der Waals surface area contributed by atoms with E-state index in [0.29, 0.717) is 13.0 Å². The summed E-state index contributed by atoms with van der Waals surface area (Å²) in [5.74, 6) is -0.923. The third-order valence-electron chi connectivity index (χ3n) is 3.15. The second-order valence-electron chi connectivity index (χ2n) is 6.25. The summed E-state index contributed by atoms with van der Waals surface area (Å²) in [7, 11) is 0. The Hall–Kier alpha value is -2.04. The average Bonchev–Trinajstić information content (AvgIpc) is 2.41. The van der Waals surface area contributed by atoms with Gasteiger partial charge in [0, 0.05) is 12.6 Å². The van der Waals surface area contributed by atoms with Crippen molar-refractivity contribution in [1.29, 1.82) is 0 Å². The van der Waals surface area contributed by atoms with E-state index < -0.39 is 23.7 Å². The minimum atomic E-state index is -0.923. The van der Waals surface area contributed by atoms with Crippen LogP contribution in [0.3, 0.4) is 0 Å². The first-order chi connectivity index (χ1) is 10.2. The third-order valence-corrected chi connectivity index (χ3v) is 3.15. The number of carboxylic acids is 1. The van der Waals surface area contributed by atoms with Gasteiger partial charge < -0.3 is 14.7 Å². The van der Waals surface area contributed by atoms with Gasteiger partial charge in [-0.15, -0.1) is 0 Å². The van der Waals surface area contributed by atoms with Crippen molar-refractivity contribution in [1.82, 2.24) is 4.90 Å². The summed E-state index contributed by atoms with van der Waals surface area (Å²) >= 11 is 0. The lowest BCUT2D eigenvalue weighted by Gasteiger charge is -2.32. The van der Waals surface area contributed by atoms with E-state index in [2.05, 4.69) is 0 Å². The average molecular weight is 307 g/mol. The first-order valence-electron chi connectivity index (χ1n) is 7.48. The van der Waals surface area contributed by atoms with Crippen LogP contribution < -0.4 is 0 Å². The van der Waals surface area contributed by atoms with Gasteiger partial charge in [0.25, 0.3) is 0 Å². The second kappa shape index (κ2) is 7.82. The predicted molar refractivity (Wildman–Crippen MR) is 84.6 cm³/mol. The summed E-state index contributed by atoms with van der Waals surface area (Å²) in [6.07, 6.45) is -0.0227. The molecule has 1 atom stereocenters. The van der Waals surface area contributed by atoms with E-state index in [-0.39, 0.29) is 6.42 Å². The molecule has 0 aliphatic carbocycles. The summed E-state index contributed by atoms with van der Waals surface area (Å²) < 4.78 is 5.43. The van der Waals surface area contributed by atoms with Gasteiger partial charge in [-0.3, -0.25) is 4.79 Å². The van der Waals surface area contributed by atoms with Gasteiger partial charge >= 0.3 is 12.1 Å². The van der Waals surface area contributed by atoms with Gasteiger partial charge in [0.15, 0.2) is 0 Å². The van der Waals surface area contributed by atoms with Crippen LogP contribution in [0.2, 0.25) is 0 Å². The molecule has 0 heterocycles. The lowest BCUT2D eigenvalue weighted by Crippen LogP contribution is -2.43. The Balaban J connectivity index is 2.97. The van der Waals surface area contributed by atoms with E-state index in [9.17, 15) is 9.59 Å². The first kappa shape index (κ1) is 18.0. The van der Waals surface area contributed by atoms with Crippen LogP contribution in [0.4, 0.5) is 4.79 Å². The lowest BCUT2D eigenvalue weighted by molar-refractivity contribution is -0.138. The van der Waals surface area contributed by atoms with Crippen molar-refractivity contribution < 1.29 is 19.4 Å². The largest absolute Gasteiger partial charge is 0.481 e. The highest BCUT2D eigenvalue weighted by molar-refractivity contribution is 5.71. The number of carbonyl (C=O) groups excluding carboxylic acids is 1. The molecule has 1 N–H and O–H groups in total. The van der Waals surface area contributed by atoms with Gasteiger partial charge in [0.2, 0.25) is 0 Å². The summed E-state index contributed by atoms with van der Waals surface area (Å²) in [4.78, 5) is 25.0. The molecule has 0 saturated carbocycles. The molecule has 1 unspecified atom stereocenters. The summed E-state index contributed by atoms with van der Waals surface area (Å²) in [6.45, 7) is 7.59. The molecular formula is C17H25NO4. The fourth-order valence-electron chi connectivity index (χ4n) is 2.12. The molecule has 1 rings (SSSR count). The Morgan fingerprint density at radius 2 is 1.82 bits per heavy atom. The number of benzene rings is 1. The smallest absolute Gasteiger partial charge is 0.410 e. The molecule has 5 nitrogen and oxygen atoms in total. The zero-order valence-electron chi connectivity index (χ0n) is 13.7. The van der Waals surface area contributed by atoms with E-state index >= 15 is 0 Å². The Bertz CT molecular complexity index is 493. The number of carboxylic acid groups (broad SMARTS) is 1. The SMILES string of the molecule is CCC(CC(=O)O)N(Cc1ccccc1)C(=O)OC(C)(C)C. The normalized spacial score (nSPS) is 12.5. The zero-order chi connectivity index (χ0) is 16.8. The molecule has 22 heavy (non-hydrogen) atoms. The van der Waals surface area contributed by atoms with Crippen LogP contribution in [0.25, 0.3) is 0 Å². The molecule has 0 aliphatic heterocycles. The Kier molecular flexibility index (Phi) is 6.40. The van der Waals surface area contributed by atoms with Gasteiger partial charge in [0.05, 0.1) is 6.42 Å². The number of ether oxygens (including phenoxy) is 1. The topological polar surface area (TPSA) is 66.8 Å². The van der Waals surface area contributed by atoms with Crippen LogP contribution in [-0.4, -0.2) is 33.7 Å². The maximum Gasteiger partial charge on any atom is 0.410 e. The van der Waals surface area contributed by atoms with Crippen molar-refractivity contribution in [2.45, 2.75) is 58.7 Å². The Labute approximate surface area is 131 Å². The molecular weight excluding hydrogens is 282 g/mol. The molecule has 0 aliphatic rings. The highest BCUT2D eigenvalue weighted by atomic mass is 16.6. The molecule has 5 heteroatoms. The highest BCUT2D eigenvalue weighted by Gasteiger charge is 2.29. The third kappa shape index (κ3) is 6.16. The minimum absolute atomic E-state index is 0.0947. The van der Waals surface area contributed by atoms with Gasteiger partial charge in [0.1, 0.15) is 5.60 Å². The molecule has 0 fully saturated rings. The fourth-order valence-corrected chi connectivity index (χ4v) is 2.12. The Morgan fingerprint density at radius 1 is 1.23 bits per heavy atom. The van der Waals surface area contributed by atoms with Gasteiger partial charge in [-0.1, -0.05) is 37.3 Å². The number of aliphatic carboxylic acids is 1. The molecule has 0 spiro atoms. The second-order valence-corrected chi connectivity index (χ2v) is 6.25. The zero-order valence-corrected chi connectivity index (χ0v) is 13.7. The quantitative estimate of drug-likeness (QED) is 0.870. The van der Waals surface area contributed by atoms with Gasteiger partial charge in [-0.05, 0) is 32.8 Å². The molecule has 1 aromatic rings. The van der Waals surface area contributed by atoms with Crippen molar-refractivity contribution >= 4 is 12.1 Å². The van der Waals surface area contributed by atoms with Crippen molar-refractivity contribution in [3.8, 4) is 0 Å². The Morgan fingerprint density at radius 3 is 2.27 bits per heavy atom. The molecule has 1 amide bonds. The van der Waals surface area contributed by atoms with Crippen LogP contribution >= 0.6 is 0 Å². The monoisotopic (exact) mass is 307 g/mol. The maximum absolute atomic E-state index is 12.5. The standard InChI is InChI=1S/C17H25NO4/c1-5-14(11-15(19)20)18(16(21)22-17(2,3)4)12-13-9-7-6-8-10-13/h6-10,14H,5,11-12H2,1-4H3,(H,19,20). The number of nitrogens with zero attached hydrogens (tertiary/aromatic N) is 1. The number of rotatable bonds is 6. The number of carbonyl (C=O) groups is 2. The van der Waals surface area contributed by atoms with E-state index in [1.807, 2.05) is 37.3 Å². The number of amides is 1. The van der Waals surface area contributed by atoms with Crippen molar-refractivity contribution in [3.05, 3.63) is 35.9 Å². The molecule has 0 saturated heterocycles. The van der Waals surface area contributed by atoms with Crippen LogP contribution in [0, 0.1) is 0 Å². The predicted octanol–water partition coefficient (Wildman–Crippen LogP) is 3.68. The lowest BCUT2D eigenvalue weighted by atomic mass is 10.1. The van der Waals surface area contributed by atoms with E-state index in [1.165, 1.54) is 4.90 Å². The van der Waals surface area contributed by atoms with Crippen molar-refractivity contribution in [2.75, 3.05) is 0 Å². The van der Waals surface area contributed by atoms with Crippen molar-refractivity contribution in [3.63, 3.8) is 0 Å². The van der Waals surface area contributed by atoms with Gasteiger partial charge in [-0.25, -0.2) is 4.79 Å². The van der Waals surface area contributed by atoms with Crippen LogP contribution in [0.5, 0.6) is 0 Å². The summed E-state index contributed by atoms with van der Waals surface area (Å²) in [6, 6.07) is 9.10. The molecule has 0 radical (unpaired) electrons. The van der Waals surface area contributed by atoms with Crippen LogP contribution in [0.1, 0.15) is 46.1 Å². The fraction of sp³-hybridized carbons (Fsp3) is 0.529. The first-order valence-corrected chi connectivity index (χ1v) is 7.48.